The number of ether oxygens (including phenoxy) is 1. The minimum Gasteiger partial charge on any atom is -0.495 e. The van der Waals surface area contributed by atoms with Crippen molar-refractivity contribution in [2.75, 3.05) is 25.6 Å². The van der Waals surface area contributed by atoms with Crippen molar-refractivity contribution in [3.63, 3.8) is 0 Å². The van der Waals surface area contributed by atoms with Crippen LogP contribution in [0.2, 0.25) is 5.02 Å². The molecule has 1 aliphatic rings. The van der Waals surface area contributed by atoms with Gasteiger partial charge in [-0.1, -0.05) is 11.6 Å². The van der Waals surface area contributed by atoms with Crippen molar-refractivity contribution >= 4 is 17.3 Å². The van der Waals surface area contributed by atoms with Gasteiger partial charge in [0.25, 0.3) is 0 Å². The Kier molecular flexibility index (Phi) is 3.00. The van der Waals surface area contributed by atoms with Gasteiger partial charge in [0.1, 0.15) is 5.75 Å². The van der Waals surface area contributed by atoms with E-state index in [9.17, 15) is 0 Å². The van der Waals surface area contributed by atoms with E-state index in [1.165, 1.54) is 0 Å². The van der Waals surface area contributed by atoms with Gasteiger partial charge in [0, 0.05) is 24.2 Å². The van der Waals surface area contributed by atoms with E-state index in [0.717, 1.165) is 30.8 Å². The molecule has 0 aliphatic heterocycles. The van der Waals surface area contributed by atoms with Crippen molar-refractivity contribution in [3.8, 4) is 5.75 Å². The number of halogens is 1. The molecule has 1 aromatic rings. The van der Waals surface area contributed by atoms with Gasteiger partial charge in [-0.15, -0.1) is 0 Å². The first-order valence-corrected chi connectivity index (χ1v) is 5.75. The Labute approximate surface area is 101 Å². The molecule has 0 radical (unpaired) electrons. The van der Waals surface area contributed by atoms with Crippen LogP contribution >= 0.6 is 11.6 Å². The Morgan fingerprint density at radius 3 is 2.75 bits per heavy atom. The van der Waals surface area contributed by atoms with Gasteiger partial charge in [0.2, 0.25) is 0 Å². The number of hydrogen-bond acceptors (Lipinski definition) is 3. The normalized spacial score (nSPS) is 17.0. The van der Waals surface area contributed by atoms with Gasteiger partial charge in [0.05, 0.1) is 12.8 Å². The average molecular weight is 241 g/mol. The van der Waals surface area contributed by atoms with Crippen molar-refractivity contribution in [1.29, 1.82) is 0 Å². The highest BCUT2D eigenvalue weighted by molar-refractivity contribution is 6.30. The smallest absolute Gasteiger partial charge is 0.142 e. The molecule has 2 rings (SSSR count). The van der Waals surface area contributed by atoms with Crippen LogP contribution in [0, 0.1) is 0 Å². The van der Waals surface area contributed by atoms with Crippen molar-refractivity contribution in [2.24, 2.45) is 5.73 Å². The molecule has 0 spiro atoms. The maximum absolute atomic E-state index is 6.10. The Hall–Kier alpha value is -0.930. The minimum atomic E-state index is -0.0118. The number of methoxy groups -OCH3 is 1. The van der Waals surface area contributed by atoms with Crippen LogP contribution in [-0.4, -0.2) is 26.2 Å². The molecular weight excluding hydrogens is 224 g/mol. The summed E-state index contributed by atoms with van der Waals surface area (Å²) in [7, 11) is 3.68. The number of benzene rings is 1. The van der Waals surface area contributed by atoms with Crippen molar-refractivity contribution in [2.45, 2.75) is 18.4 Å². The van der Waals surface area contributed by atoms with Crippen LogP contribution < -0.4 is 15.4 Å². The molecule has 88 valence electrons. The fourth-order valence-electron chi connectivity index (χ4n) is 1.84. The van der Waals surface area contributed by atoms with Gasteiger partial charge in [-0.2, -0.15) is 0 Å². The number of hydrogen-bond donors (Lipinski definition) is 1. The van der Waals surface area contributed by atoms with Gasteiger partial charge in [-0.3, -0.25) is 0 Å². The van der Waals surface area contributed by atoms with E-state index in [0.29, 0.717) is 5.02 Å². The summed E-state index contributed by atoms with van der Waals surface area (Å²) in [6, 6.07) is 5.61. The van der Waals surface area contributed by atoms with Gasteiger partial charge in [0.15, 0.2) is 0 Å². The summed E-state index contributed by atoms with van der Waals surface area (Å²) in [6.07, 6.45) is 2.19. The summed E-state index contributed by atoms with van der Waals surface area (Å²) >= 11 is 5.99. The molecule has 1 saturated carbocycles. The van der Waals surface area contributed by atoms with E-state index in [4.69, 9.17) is 22.1 Å². The van der Waals surface area contributed by atoms with Crippen LogP contribution in [0.1, 0.15) is 12.8 Å². The molecule has 16 heavy (non-hydrogen) atoms. The van der Waals surface area contributed by atoms with Crippen molar-refractivity contribution < 1.29 is 4.74 Å². The lowest BCUT2D eigenvalue weighted by Crippen LogP contribution is -2.37. The second-order valence-electron chi connectivity index (χ2n) is 4.53. The quantitative estimate of drug-likeness (QED) is 0.878. The predicted molar refractivity (Wildman–Crippen MR) is 67.4 cm³/mol. The molecular formula is C12H17ClN2O. The summed E-state index contributed by atoms with van der Waals surface area (Å²) in [4.78, 5) is 2.11. The van der Waals surface area contributed by atoms with E-state index in [2.05, 4.69) is 4.90 Å². The molecule has 1 fully saturated rings. The average Bonchev–Trinajstić information content (AvgIpc) is 2.96. The second kappa shape index (κ2) is 4.15. The summed E-state index contributed by atoms with van der Waals surface area (Å²) < 4.78 is 5.32. The van der Waals surface area contributed by atoms with E-state index >= 15 is 0 Å². The molecule has 0 unspecified atom stereocenters. The summed E-state index contributed by atoms with van der Waals surface area (Å²) in [5.41, 5.74) is 7.08. The highest BCUT2D eigenvalue weighted by Crippen LogP contribution is 2.36. The summed E-state index contributed by atoms with van der Waals surface area (Å²) in [5, 5.41) is 0.713. The fraction of sp³-hybridized carbons (Fsp3) is 0.500. The molecule has 0 bridgehead atoms. The van der Waals surface area contributed by atoms with Crippen LogP contribution in [0.4, 0.5) is 5.69 Å². The molecule has 0 atom stereocenters. The van der Waals surface area contributed by atoms with E-state index in [1.54, 1.807) is 7.11 Å². The van der Waals surface area contributed by atoms with Crippen molar-refractivity contribution in [3.05, 3.63) is 23.2 Å². The molecule has 1 aromatic carbocycles. The third-order valence-corrected chi connectivity index (χ3v) is 3.23. The molecule has 0 heterocycles. The Bertz CT molecular complexity index is 391. The lowest BCUT2D eigenvalue weighted by molar-refractivity contribution is 0.414. The monoisotopic (exact) mass is 240 g/mol. The lowest BCUT2D eigenvalue weighted by atomic mass is 10.2. The number of nitrogens with two attached hydrogens (primary N) is 1. The van der Waals surface area contributed by atoms with Crippen molar-refractivity contribution in [1.82, 2.24) is 0 Å². The molecule has 0 amide bonds. The van der Waals surface area contributed by atoms with Crippen LogP contribution in [0.5, 0.6) is 5.75 Å². The van der Waals surface area contributed by atoms with E-state index < -0.39 is 0 Å². The minimum absolute atomic E-state index is 0.0118. The zero-order valence-electron chi connectivity index (χ0n) is 9.66. The molecule has 4 heteroatoms. The van der Waals surface area contributed by atoms with Gasteiger partial charge in [-0.05, 0) is 31.0 Å². The third-order valence-electron chi connectivity index (χ3n) is 3.00. The second-order valence-corrected chi connectivity index (χ2v) is 4.97. The first-order chi connectivity index (χ1) is 7.54. The number of likely N-dealkylation sites (N-methyl/N-ethyl adjacent to an activating group) is 1. The SMILES string of the molecule is COc1ccc(Cl)cc1N(C)CC1(N)CC1. The molecule has 3 nitrogen and oxygen atoms in total. The van der Waals surface area contributed by atoms with Gasteiger partial charge in [-0.25, -0.2) is 0 Å². The van der Waals surface area contributed by atoms with E-state index in [-0.39, 0.29) is 5.54 Å². The Morgan fingerprint density at radius 2 is 2.19 bits per heavy atom. The zero-order chi connectivity index (χ0) is 11.8. The largest absolute Gasteiger partial charge is 0.495 e. The standard InChI is InChI=1S/C12H17ClN2O/c1-15(8-12(14)5-6-12)10-7-9(13)3-4-11(10)16-2/h3-4,7H,5-6,8,14H2,1-2H3. The summed E-state index contributed by atoms with van der Waals surface area (Å²) in [5.74, 6) is 0.830. The number of rotatable bonds is 4. The highest BCUT2D eigenvalue weighted by atomic mass is 35.5. The van der Waals surface area contributed by atoms with Crippen LogP contribution in [0.15, 0.2) is 18.2 Å². The molecule has 1 aliphatic carbocycles. The first kappa shape index (κ1) is 11.6. The fourth-order valence-corrected chi connectivity index (χ4v) is 2.00. The Morgan fingerprint density at radius 1 is 1.50 bits per heavy atom. The van der Waals surface area contributed by atoms with Gasteiger partial charge >= 0.3 is 0 Å². The maximum Gasteiger partial charge on any atom is 0.142 e. The summed E-state index contributed by atoms with van der Waals surface area (Å²) in [6.45, 7) is 0.837. The maximum atomic E-state index is 6.10. The molecule has 0 saturated heterocycles. The first-order valence-electron chi connectivity index (χ1n) is 5.38. The van der Waals surface area contributed by atoms with Gasteiger partial charge < -0.3 is 15.4 Å². The predicted octanol–water partition coefficient (Wildman–Crippen LogP) is 2.28. The number of nitrogens with zero attached hydrogens (tertiary/aromatic N) is 1. The molecule has 2 N–H and O–H groups in total. The Balaban J connectivity index is 2.20. The molecule has 0 aromatic heterocycles. The van der Waals surface area contributed by atoms with Crippen LogP contribution in [-0.2, 0) is 0 Å². The van der Waals surface area contributed by atoms with E-state index in [1.807, 2.05) is 25.2 Å². The topological polar surface area (TPSA) is 38.5 Å². The lowest BCUT2D eigenvalue weighted by Gasteiger charge is -2.25. The third kappa shape index (κ3) is 2.42. The number of anilines is 1. The zero-order valence-corrected chi connectivity index (χ0v) is 10.4. The van der Waals surface area contributed by atoms with Crippen LogP contribution in [0.3, 0.4) is 0 Å². The highest BCUT2D eigenvalue weighted by Gasteiger charge is 2.39. The van der Waals surface area contributed by atoms with Crippen LogP contribution in [0.25, 0.3) is 0 Å².